The molecule has 3 atom stereocenters. The molecule has 5 heteroatoms. The topological polar surface area (TPSA) is 67.4 Å². The highest BCUT2D eigenvalue weighted by atomic mass is 16.5. The molecule has 1 aliphatic carbocycles. The van der Waals surface area contributed by atoms with Crippen molar-refractivity contribution in [1.82, 2.24) is 10.6 Å². The molecule has 0 spiro atoms. The van der Waals surface area contributed by atoms with E-state index in [1.165, 1.54) is 6.42 Å². The van der Waals surface area contributed by atoms with E-state index in [4.69, 9.17) is 4.74 Å². The number of carbonyl (C=O) groups excluding carboxylic acids is 2. The molecule has 5 nitrogen and oxygen atoms in total. The van der Waals surface area contributed by atoms with Crippen molar-refractivity contribution in [3.8, 4) is 0 Å². The van der Waals surface area contributed by atoms with Gasteiger partial charge in [0.25, 0.3) is 0 Å². The van der Waals surface area contributed by atoms with Gasteiger partial charge in [0.2, 0.25) is 5.91 Å². The predicted octanol–water partition coefficient (Wildman–Crippen LogP) is 0.586. The van der Waals surface area contributed by atoms with E-state index in [0.29, 0.717) is 12.5 Å². The van der Waals surface area contributed by atoms with Gasteiger partial charge in [0.15, 0.2) is 0 Å². The van der Waals surface area contributed by atoms with Gasteiger partial charge in [0.1, 0.15) is 12.1 Å². The summed E-state index contributed by atoms with van der Waals surface area (Å²) in [5.41, 5.74) is 0. The fourth-order valence-corrected chi connectivity index (χ4v) is 2.70. The van der Waals surface area contributed by atoms with Crippen molar-refractivity contribution in [2.45, 2.75) is 51.2 Å². The zero-order valence-corrected chi connectivity index (χ0v) is 10.9. The quantitative estimate of drug-likeness (QED) is 0.723. The number of nitrogens with one attached hydrogen (secondary N) is 2. The van der Waals surface area contributed by atoms with Gasteiger partial charge in [-0.1, -0.05) is 19.8 Å². The van der Waals surface area contributed by atoms with Crippen LogP contribution in [0.5, 0.6) is 0 Å². The van der Waals surface area contributed by atoms with Gasteiger partial charge in [0, 0.05) is 6.54 Å². The molecular formula is C13H22N2O3. The molecule has 2 rings (SSSR count). The third-order valence-electron chi connectivity index (χ3n) is 3.89. The van der Waals surface area contributed by atoms with Crippen LogP contribution in [0.15, 0.2) is 0 Å². The Morgan fingerprint density at radius 2 is 2.28 bits per heavy atom. The Bertz CT molecular complexity index is 309. The number of rotatable bonds is 3. The van der Waals surface area contributed by atoms with Crippen molar-refractivity contribution in [2.24, 2.45) is 5.92 Å². The molecule has 0 bridgehead atoms. The van der Waals surface area contributed by atoms with E-state index >= 15 is 0 Å². The molecule has 0 aromatic heterocycles. The number of hydrogen-bond donors (Lipinski definition) is 2. The Morgan fingerprint density at radius 3 is 2.94 bits per heavy atom. The van der Waals surface area contributed by atoms with Crippen LogP contribution in [-0.4, -0.2) is 37.1 Å². The second kappa shape index (κ2) is 6.18. The number of ether oxygens (including phenoxy) is 1. The Labute approximate surface area is 108 Å². The van der Waals surface area contributed by atoms with Crippen molar-refractivity contribution < 1.29 is 14.3 Å². The minimum Gasteiger partial charge on any atom is -0.461 e. The van der Waals surface area contributed by atoms with Crippen LogP contribution in [-0.2, 0) is 14.3 Å². The summed E-state index contributed by atoms with van der Waals surface area (Å²) >= 11 is 0. The summed E-state index contributed by atoms with van der Waals surface area (Å²) in [7, 11) is 0. The Hall–Kier alpha value is -1.10. The summed E-state index contributed by atoms with van der Waals surface area (Å²) in [5, 5.41) is 5.56. The van der Waals surface area contributed by atoms with Crippen molar-refractivity contribution in [2.75, 3.05) is 13.1 Å². The standard InChI is InChI=1S/C13H22N2O3/c1-2-9-4-3-5-10(6-9)18-13(17)11-7-15-12(16)8-14-11/h9-11,14H,2-8H2,1H3,(H,15,16). The molecule has 18 heavy (non-hydrogen) atoms. The van der Waals surface area contributed by atoms with Crippen LogP contribution < -0.4 is 10.6 Å². The molecule has 2 fully saturated rings. The van der Waals surface area contributed by atoms with Crippen LogP contribution in [0.4, 0.5) is 0 Å². The highest BCUT2D eigenvalue weighted by Gasteiger charge is 2.29. The number of carbonyl (C=O) groups is 2. The maximum Gasteiger partial charge on any atom is 0.325 e. The smallest absolute Gasteiger partial charge is 0.325 e. The van der Waals surface area contributed by atoms with E-state index < -0.39 is 0 Å². The molecule has 1 saturated heterocycles. The molecule has 2 aliphatic rings. The van der Waals surface area contributed by atoms with Crippen LogP contribution >= 0.6 is 0 Å². The monoisotopic (exact) mass is 254 g/mol. The highest BCUT2D eigenvalue weighted by Crippen LogP contribution is 2.28. The average molecular weight is 254 g/mol. The van der Waals surface area contributed by atoms with Crippen molar-refractivity contribution >= 4 is 11.9 Å². The third kappa shape index (κ3) is 3.45. The van der Waals surface area contributed by atoms with E-state index in [1.54, 1.807) is 0 Å². The maximum absolute atomic E-state index is 11.9. The second-order valence-corrected chi connectivity index (χ2v) is 5.24. The van der Waals surface area contributed by atoms with E-state index in [-0.39, 0.29) is 30.6 Å². The molecule has 1 saturated carbocycles. The zero-order chi connectivity index (χ0) is 13.0. The summed E-state index contributed by atoms with van der Waals surface area (Å²) in [6.07, 6.45) is 5.58. The largest absolute Gasteiger partial charge is 0.461 e. The normalized spacial score (nSPS) is 32.7. The fraction of sp³-hybridized carbons (Fsp3) is 0.846. The summed E-state index contributed by atoms with van der Waals surface area (Å²) in [6, 6.07) is -0.385. The highest BCUT2D eigenvalue weighted by molar-refractivity contribution is 5.83. The van der Waals surface area contributed by atoms with Crippen LogP contribution in [0.3, 0.4) is 0 Å². The lowest BCUT2D eigenvalue weighted by atomic mass is 9.85. The first-order chi connectivity index (χ1) is 8.69. The van der Waals surface area contributed by atoms with E-state index in [0.717, 1.165) is 25.7 Å². The van der Waals surface area contributed by atoms with Gasteiger partial charge in [0.05, 0.1) is 6.54 Å². The van der Waals surface area contributed by atoms with Crippen molar-refractivity contribution in [3.63, 3.8) is 0 Å². The number of hydrogen-bond acceptors (Lipinski definition) is 4. The Balaban J connectivity index is 1.78. The van der Waals surface area contributed by atoms with Gasteiger partial charge in [-0.15, -0.1) is 0 Å². The van der Waals surface area contributed by atoms with Gasteiger partial charge >= 0.3 is 5.97 Å². The summed E-state index contributed by atoms with van der Waals surface area (Å²) in [5.74, 6) is 0.398. The molecule has 1 amide bonds. The summed E-state index contributed by atoms with van der Waals surface area (Å²) in [4.78, 5) is 22.9. The minimum absolute atomic E-state index is 0.0654. The zero-order valence-electron chi connectivity index (χ0n) is 10.9. The molecule has 0 radical (unpaired) electrons. The number of esters is 1. The molecule has 2 N–H and O–H groups in total. The SMILES string of the molecule is CCC1CCCC(OC(=O)C2CNC(=O)CN2)C1. The van der Waals surface area contributed by atoms with Crippen molar-refractivity contribution in [1.29, 1.82) is 0 Å². The van der Waals surface area contributed by atoms with Gasteiger partial charge in [-0.2, -0.15) is 0 Å². The first-order valence-electron chi connectivity index (χ1n) is 6.89. The molecule has 0 aromatic carbocycles. The van der Waals surface area contributed by atoms with E-state index in [2.05, 4.69) is 17.6 Å². The summed E-state index contributed by atoms with van der Waals surface area (Å²) in [6.45, 7) is 2.72. The molecular weight excluding hydrogens is 232 g/mol. The van der Waals surface area contributed by atoms with Crippen molar-refractivity contribution in [3.05, 3.63) is 0 Å². The van der Waals surface area contributed by atoms with Crippen LogP contribution in [0.2, 0.25) is 0 Å². The van der Waals surface area contributed by atoms with E-state index in [9.17, 15) is 9.59 Å². The van der Waals surface area contributed by atoms with E-state index in [1.807, 2.05) is 0 Å². The van der Waals surface area contributed by atoms with Crippen LogP contribution in [0.1, 0.15) is 39.0 Å². The molecule has 102 valence electrons. The molecule has 0 aromatic rings. The Morgan fingerprint density at radius 1 is 1.44 bits per heavy atom. The van der Waals surface area contributed by atoms with Crippen LogP contribution in [0.25, 0.3) is 0 Å². The third-order valence-corrected chi connectivity index (χ3v) is 3.89. The first kappa shape index (κ1) is 13.3. The molecule has 3 unspecified atom stereocenters. The minimum atomic E-state index is -0.385. The average Bonchev–Trinajstić information content (AvgIpc) is 2.39. The first-order valence-corrected chi connectivity index (χ1v) is 6.89. The second-order valence-electron chi connectivity index (χ2n) is 5.24. The lowest BCUT2D eigenvalue weighted by Gasteiger charge is -2.30. The van der Waals surface area contributed by atoms with Gasteiger partial charge < -0.3 is 10.1 Å². The van der Waals surface area contributed by atoms with Gasteiger partial charge in [-0.3, -0.25) is 14.9 Å². The molecule has 1 heterocycles. The van der Waals surface area contributed by atoms with Gasteiger partial charge in [-0.25, -0.2) is 0 Å². The van der Waals surface area contributed by atoms with Gasteiger partial charge in [-0.05, 0) is 25.2 Å². The lowest BCUT2D eigenvalue weighted by molar-refractivity contribution is -0.154. The predicted molar refractivity (Wildman–Crippen MR) is 66.9 cm³/mol. The lowest BCUT2D eigenvalue weighted by Crippen LogP contribution is -2.56. The number of piperazine rings is 1. The maximum atomic E-state index is 11.9. The molecule has 1 aliphatic heterocycles. The Kier molecular flexibility index (Phi) is 4.58. The summed E-state index contributed by atoms with van der Waals surface area (Å²) < 4.78 is 5.55. The number of amides is 1. The van der Waals surface area contributed by atoms with Crippen LogP contribution in [0, 0.1) is 5.92 Å². The fourth-order valence-electron chi connectivity index (χ4n) is 2.70.